The van der Waals surface area contributed by atoms with Gasteiger partial charge in [-0.15, -0.1) is 11.3 Å². The number of hydrogen-bond donors (Lipinski definition) is 3. The van der Waals surface area contributed by atoms with E-state index in [9.17, 15) is 22.8 Å². The first-order chi connectivity index (χ1) is 17.8. The Morgan fingerprint density at radius 2 is 1.79 bits per heavy atom. The van der Waals surface area contributed by atoms with Gasteiger partial charge in [-0.25, -0.2) is 0 Å². The molecule has 0 atom stereocenters. The summed E-state index contributed by atoms with van der Waals surface area (Å²) in [4.78, 5) is 25.0. The third-order valence-corrected chi connectivity index (χ3v) is 8.75. The molecule has 0 radical (unpaired) electrons. The molecule has 1 aromatic carbocycles. The van der Waals surface area contributed by atoms with E-state index in [-0.39, 0.29) is 48.0 Å². The molecule has 0 aliphatic heterocycles. The third kappa shape index (κ3) is 7.24. The standard InChI is InChI=1S/C29H38F3NO4S/c1-5-19-13-18(12-17(2)21(19)7-9-25(37)33-20(15-34)16-35)6-8-24(36)26-22-10-11-28(3,4)14-23(22)27(38-26)29(30,31)32/h12-13,20,34-35H,5-11,14-16H2,1-4H3,(H,33,37). The van der Waals surface area contributed by atoms with Gasteiger partial charge in [0.15, 0.2) is 5.78 Å². The topological polar surface area (TPSA) is 86.6 Å². The van der Waals surface area contributed by atoms with E-state index >= 15 is 0 Å². The number of fused-ring (bicyclic) bond motifs is 1. The molecule has 3 N–H and O–H groups in total. The summed E-state index contributed by atoms with van der Waals surface area (Å²) in [6.07, 6.45) is -0.854. The molecule has 38 heavy (non-hydrogen) atoms. The molecule has 1 aliphatic carbocycles. The fourth-order valence-corrected chi connectivity index (χ4v) is 6.49. The first-order valence-corrected chi connectivity index (χ1v) is 14.0. The summed E-state index contributed by atoms with van der Waals surface area (Å²) >= 11 is 0.612. The van der Waals surface area contributed by atoms with Gasteiger partial charge in [0.05, 0.1) is 24.1 Å². The number of Topliss-reactive ketones (excluding diaryl/α,β-unsaturated/α-hetero) is 1. The van der Waals surface area contributed by atoms with Gasteiger partial charge in [-0.05, 0) is 84.2 Å². The molecule has 3 rings (SSSR count). The quantitative estimate of drug-likeness (QED) is 0.327. The largest absolute Gasteiger partial charge is 0.425 e. The molecular weight excluding hydrogens is 515 g/mol. The molecule has 0 spiro atoms. The maximum Gasteiger partial charge on any atom is 0.425 e. The number of aliphatic hydroxyl groups is 2. The number of aliphatic hydroxyl groups excluding tert-OH is 2. The Balaban J connectivity index is 1.73. The SMILES string of the molecule is CCc1cc(CCC(=O)c2sc(C(F)(F)F)c3c2CCC(C)(C)C3)cc(C)c1CCC(=O)NC(CO)CO. The number of rotatable bonds is 11. The lowest BCUT2D eigenvalue weighted by molar-refractivity contribution is -0.135. The smallest absolute Gasteiger partial charge is 0.394 e. The highest BCUT2D eigenvalue weighted by Crippen LogP contribution is 2.47. The van der Waals surface area contributed by atoms with Crippen molar-refractivity contribution in [2.45, 2.75) is 91.3 Å². The number of benzene rings is 1. The van der Waals surface area contributed by atoms with Crippen LogP contribution in [0.4, 0.5) is 13.2 Å². The number of hydrogen-bond acceptors (Lipinski definition) is 5. The number of alkyl halides is 3. The Morgan fingerprint density at radius 3 is 2.39 bits per heavy atom. The van der Waals surface area contributed by atoms with Crippen LogP contribution in [0.5, 0.6) is 0 Å². The van der Waals surface area contributed by atoms with Gasteiger partial charge in [0.1, 0.15) is 4.88 Å². The van der Waals surface area contributed by atoms with E-state index in [0.29, 0.717) is 48.1 Å². The molecule has 5 nitrogen and oxygen atoms in total. The van der Waals surface area contributed by atoms with Crippen molar-refractivity contribution >= 4 is 23.0 Å². The van der Waals surface area contributed by atoms with Gasteiger partial charge in [0.25, 0.3) is 0 Å². The Labute approximate surface area is 226 Å². The number of nitrogens with one attached hydrogen (secondary N) is 1. The molecule has 1 heterocycles. The predicted octanol–water partition coefficient (Wildman–Crippen LogP) is 5.37. The van der Waals surface area contributed by atoms with E-state index in [1.54, 1.807) is 0 Å². The summed E-state index contributed by atoms with van der Waals surface area (Å²) in [6.45, 7) is 7.24. The monoisotopic (exact) mass is 553 g/mol. The van der Waals surface area contributed by atoms with Gasteiger partial charge < -0.3 is 15.5 Å². The molecule has 1 aliphatic rings. The van der Waals surface area contributed by atoms with Crippen LogP contribution in [0.1, 0.15) is 88.0 Å². The van der Waals surface area contributed by atoms with Crippen LogP contribution in [-0.2, 0) is 43.1 Å². The minimum absolute atomic E-state index is 0.141. The van der Waals surface area contributed by atoms with Crippen LogP contribution < -0.4 is 5.32 Å². The van der Waals surface area contributed by atoms with E-state index in [2.05, 4.69) is 5.32 Å². The van der Waals surface area contributed by atoms with Crippen molar-refractivity contribution in [3.05, 3.63) is 55.3 Å². The first-order valence-electron chi connectivity index (χ1n) is 13.2. The molecule has 9 heteroatoms. The van der Waals surface area contributed by atoms with Gasteiger partial charge in [0, 0.05) is 12.8 Å². The summed E-state index contributed by atoms with van der Waals surface area (Å²) in [5, 5.41) is 20.9. The highest BCUT2D eigenvalue weighted by molar-refractivity contribution is 7.14. The van der Waals surface area contributed by atoms with Gasteiger partial charge in [-0.3, -0.25) is 9.59 Å². The lowest BCUT2D eigenvalue weighted by Crippen LogP contribution is -2.40. The molecule has 0 unspecified atom stereocenters. The molecule has 1 amide bonds. The lowest BCUT2D eigenvalue weighted by atomic mass is 9.74. The summed E-state index contributed by atoms with van der Waals surface area (Å²) in [5.74, 6) is -0.490. The number of aryl methyl sites for hydroxylation is 3. The summed E-state index contributed by atoms with van der Waals surface area (Å²) in [6, 6.07) is 3.32. The third-order valence-electron chi connectivity index (χ3n) is 7.39. The average Bonchev–Trinajstić information content (AvgIpc) is 3.22. The summed E-state index contributed by atoms with van der Waals surface area (Å²) < 4.78 is 41.4. The van der Waals surface area contributed by atoms with Crippen molar-refractivity contribution in [3.63, 3.8) is 0 Å². The van der Waals surface area contributed by atoms with Crippen molar-refractivity contribution in [1.82, 2.24) is 5.32 Å². The fraction of sp³-hybridized carbons (Fsp3) is 0.586. The maximum atomic E-state index is 13.8. The Hall–Kier alpha value is -2.23. The number of thiophene rings is 1. The van der Waals surface area contributed by atoms with Crippen LogP contribution in [0.2, 0.25) is 0 Å². The second-order valence-electron chi connectivity index (χ2n) is 11.0. The molecule has 0 saturated heterocycles. The Morgan fingerprint density at radius 1 is 1.11 bits per heavy atom. The van der Waals surface area contributed by atoms with Crippen molar-refractivity contribution in [1.29, 1.82) is 0 Å². The van der Waals surface area contributed by atoms with Gasteiger partial charge in [-0.2, -0.15) is 13.2 Å². The van der Waals surface area contributed by atoms with Crippen molar-refractivity contribution < 1.29 is 33.0 Å². The molecular formula is C29H38F3NO4S. The van der Waals surface area contributed by atoms with Crippen LogP contribution in [0.3, 0.4) is 0 Å². The normalized spacial score (nSPS) is 15.0. The van der Waals surface area contributed by atoms with Crippen LogP contribution in [0.25, 0.3) is 0 Å². The van der Waals surface area contributed by atoms with Crippen molar-refractivity contribution in [2.24, 2.45) is 5.41 Å². The van der Waals surface area contributed by atoms with Crippen LogP contribution in [0.15, 0.2) is 12.1 Å². The average molecular weight is 554 g/mol. The van der Waals surface area contributed by atoms with E-state index in [1.807, 2.05) is 39.8 Å². The highest BCUT2D eigenvalue weighted by Gasteiger charge is 2.42. The zero-order chi connectivity index (χ0) is 28.3. The number of carbonyl (C=O) groups is 2. The number of amides is 1. The first kappa shape index (κ1) is 30.3. The van der Waals surface area contributed by atoms with E-state index in [1.165, 1.54) is 0 Å². The van der Waals surface area contributed by atoms with Crippen LogP contribution >= 0.6 is 11.3 Å². The lowest BCUT2D eigenvalue weighted by Gasteiger charge is -2.30. The number of halogens is 3. The van der Waals surface area contributed by atoms with E-state index in [0.717, 1.165) is 35.1 Å². The maximum absolute atomic E-state index is 13.8. The number of ketones is 1. The Bertz CT molecular complexity index is 1170. The minimum Gasteiger partial charge on any atom is -0.394 e. The van der Waals surface area contributed by atoms with Gasteiger partial charge >= 0.3 is 6.18 Å². The van der Waals surface area contributed by atoms with Crippen LogP contribution in [0, 0.1) is 12.3 Å². The second-order valence-corrected chi connectivity index (χ2v) is 12.0. The molecule has 0 fully saturated rings. The molecule has 1 aromatic heterocycles. The fourth-order valence-electron chi connectivity index (χ4n) is 5.28. The van der Waals surface area contributed by atoms with Crippen molar-refractivity contribution in [2.75, 3.05) is 13.2 Å². The predicted molar refractivity (Wildman–Crippen MR) is 143 cm³/mol. The van der Waals surface area contributed by atoms with Gasteiger partial charge in [-0.1, -0.05) is 32.9 Å². The van der Waals surface area contributed by atoms with Gasteiger partial charge in [0.2, 0.25) is 5.91 Å². The molecule has 210 valence electrons. The van der Waals surface area contributed by atoms with Crippen molar-refractivity contribution in [3.8, 4) is 0 Å². The summed E-state index contributed by atoms with van der Waals surface area (Å²) in [5.41, 5.74) is 4.74. The minimum atomic E-state index is -4.46. The Kier molecular flexibility index (Phi) is 9.81. The summed E-state index contributed by atoms with van der Waals surface area (Å²) in [7, 11) is 0. The molecule has 0 saturated carbocycles. The zero-order valence-electron chi connectivity index (χ0n) is 22.6. The van der Waals surface area contributed by atoms with Crippen LogP contribution in [-0.4, -0.2) is 41.2 Å². The van der Waals surface area contributed by atoms with E-state index in [4.69, 9.17) is 10.2 Å². The second kappa shape index (κ2) is 12.3. The molecule has 0 bridgehead atoms. The zero-order valence-corrected chi connectivity index (χ0v) is 23.4. The highest BCUT2D eigenvalue weighted by atomic mass is 32.1. The molecule has 2 aromatic rings. The van der Waals surface area contributed by atoms with E-state index < -0.39 is 17.1 Å². The number of carbonyl (C=O) groups excluding carboxylic acids is 2.